The van der Waals surface area contributed by atoms with Crippen LogP contribution in [0, 0.1) is 11.8 Å². The predicted octanol–water partition coefficient (Wildman–Crippen LogP) is 16.1. The van der Waals surface area contributed by atoms with E-state index in [-0.39, 0.29) is 31.1 Å². The van der Waals surface area contributed by atoms with Crippen molar-refractivity contribution in [1.82, 2.24) is 0 Å². The van der Waals surface area contributed by atoms with Crippen LogP contribution >= 0.6 is 0 Å². The molecule has 338 valence electrons. The molecule has 0 aromatic carbocycles. The highest BCUT2D eigenvalue weighted by Gasteiger charge is 2.19. The van der Waals surface area contributed by atoms with Gasteiger partial charge in [-0.05, 0) is 31.1 Å². The molecule has 0 aliphatic rings. The fourth-order valence-corrected chi connectivity index (χ4v) is 7.60. The van der Waals surface area contributed by atoms with Crippen LogP contribution in [0.15, 0.2) is 0 Å². The highest BCUT2D eigenvalue weighted by Crippen LogP contribution is 2.17. The number of ether oxygens (including phenoxy) is 3. The normalized spacial score (nSPS) is 12.5. The predicted molar refractivity (Wildman–Crippen MR) is 243 cm³/mol. The van der Waals surface area contributed by atoms with Crippen molar-refractivity contribution in [3.8, 4) is 0 Å². The summed E-state index contributed by atoms with van der Waals surface area (Å²) < 4.78 is 16.8. The van der Waals surface area contributed by atoms with Gasteiger partial charge in [-0.1, -0.05) is 240 Å². The molecule has 1 unspecified atom stereocenters. The Hall–Kier alpha value is -1.59. The first-order chi connectivity index (χ1) is 27.8. The van der Waals surface area contributed by atoms with Crippen molar-refractivity contribution in [2.45, 2.75) is 285 Å². The highest BCUT2D eigenvalue weighted by atomic mass is 16.6. The Labute approximate surface area is 355 Å². The summed E-state index contributed by atoms with van der Waals surface area (Å²) in [6, 6.07) is 0. The largest absolute Gasteiger partial charge is 0.462 e. The number of hydrogen-bond acceptors (Lipinski definition) is 6. The van der Waals surface area contributed by atoms with Gasteiger partial charge in [0.05, 0.1) is 0 Å². The van der Waals surface area contributed by atoms with Crippen LogP contribution in [0.5, 0.6) is 0 Å². The summed E-state index contributed by atoms with van der Waals surface area (Å²) in [5.41, 5.74) is 0. The molecule has 0 heterocycles. The van der Waals surface area contributed by atoms with Crippen molar-refractivity contribution in [2.24, 2.45) is 11.8 Å². The van der Waals surface area contributed by atoms with Crippen molar-refractivity contribution in [1.29, 1.82) is 0 Å². The number of unbranched alkanes of at least 4 members (excludes halogenated alkanes) is 29. The van der Waals surface area contributed by atoms with Gasteiger partial charge in [0.25, 0.3) is 0 Å². The topological polar surface area (TPSA) is 78.9 Å². The van der Waals surface area contributed by atoms with E-state index in [2.05, 4.69) is 34.6 Å². The van der Waals surface area contributed by atoms with Gasteiger partial charge in [-0.25, -0.2) is 0 Å². The Kier molecular flexibility index (Phi) is 42.7. The number of carbonyl (C=O) groups is 3. The molecule has 0 rings (SSSR count). The second kappa shape index (κ2) is 44.0. The summed E-state index contributed by atoms with van der Waals surface area (Å²) in [4.78, 5) is 37.8. The molecule has 0 aliphatic heterocycles. The SMILES string of the molecule is CCCCCCCCCCCCCC(=O)OC[C@@H](COC(=O)CCCCCCCCC(C)CC)OC(=O)CCCCCCCCCCCCCCCCCC(C)C. The second-order valence-corrected chi connectivity index (χ2v) is 18.2. The van der Waals surface area contributed by atoms with Gasteiger partial charge in [0, 0.05) is 19.3 Å². The third-order valence-corrected chi connectivity index (χ3v) is 11.8. The molecule has 57 heavy (non-hydrogen) atoms. The number of esters is 3. The molecule has 0 spiro atoms. The van der Waals surface area contributed by atoms with E-state index >= 15 is 0 Å². The van der Waals surface area contributed by atoms with Crippen molar-refractivity contribution in [2.75, 3.05) is 13.2 Å². The first kappa shape index (κ1) is 55.4. The highest BCUT2D eigenvalue weighted by molar-refractivity contribution is 5.71. The zero-order valence-electron chi connectivity index (χ0n) is 39.0. The summed E-state index contributed by atoms with van der Waals surface area (Å²) in [5.74, 6) is 0.809. The molecule has 6 nitrogen and oxygen atoms in total. The molecule has 0 aromatic rings. The van der Waals surface area contributed by atoms with Gasteiger partial charge in [-0.15, -0.1) is 0 Å². The first-order valence-corrected chi connectivity index (χ1v) is 25.3. The van der Waals surface area contributed by atoms with Crippen LogP contribution in [0.25, 0.3) is 0 Å². The molecule has 0 bridgehead atoms. The molecular formula is C51H98O6. The number of rotatable bonds is 45. The lowest BCUT2D eigenvalue weighted by molar-refractivity contribution is -0.167. The van der Waals surface area contributed by atoms with Crippen LogP contribution in [0.1, 0.15) is 279 Å². The Morgan fingerprint density at radius 2 is 0.667 bits per heavy atom. The molecule has 2 atom stereocenters. The van der Waals surface area contributed by atoms with E-state index < -0.39 is 6.10 Å². The Morgan fingerprint density at radius 1 is 0.368 bits per heavy atom. The Bertz CT molecular complexity index is 872. The van der Waals surface area contributed by atoms with Gasteiger partial charge < -0.3 is 14.2 Å². The third-order valence-electron chi connectivity index (χ3n) is 11.8. The van der Waals surface area contributed by atoms with Gasteiger partial charge in [-0.2, -0.15) is 0 Å². The summed E-state index contributed by atoms with van der Waals surface area (Å²) in [5, 5.41) is 0. The fourth-order valence-electron chi connectivity index (χ4n) is 7.60. The van der Waals surface area contributed by atoms with Crippen molar-refractivity contribution < 1.29 is 28.6 Å². The molecule has 0 saturated heterocycles. The zero-order chi connectivity index (χ0) is 41.9. The minimum Gasteiger partial charge on any atom is -0.462 e. The molecular weight excluding hydrogens is 709 g/mol. The minimum atomic E-state index is -0.761. The summed E-state index contributed by atoms with van der Waals surface area (Å²) in [7, 11) is 0. The maximum absolute atomic E-state index is 12.8. The quantitative estimate of drug-likeness (QED) is 0.0346. The standard InChI is InChI=1S/C51H98O6/c1-6-8-9-10-11-12-18-22-25-31-36-41-49(52)55-44-48(45-56-50(53)42-37-32-28-27-30-35-40-47(5)7-2)57-51(54)43-38-33-26-23-20-17-15-13-14-16-19-21-24-29-34-39-46(3)4/h46-48H,6-45H2,1-5H3/t47?,48-/m0/s1. The summed E-state index contributed by atoms with van der Waals surface area (Å²) in [6.45, 7) is 11.3. The Morgan fingerprint density at radius 3 is 1.00 bits per heavy atom. The molecule has 0 saturated carbocycles. The average molecular weight is 807 g/mol. The van der Waals surface area contributed by atoms with E-state index in [9.17, 15) is 14.4 Å². The van der Waals surface area contributed by atoms with Crippen LogP contribution in [0.3, 0.4) is 0 Å². The fraction of sp³-hybridized carbons (Fsp3) is 0.941. The molecule has 0 radical (unpaired) electrons. The van der Waals surface area contributed by atoms with Crippen LogP contribution in [0.4, 0.5) is 0 Å². The van der Waals surface area contributed by atoms with Gasteiger partial charge in [-0.3, -0.25) is 14.4 Å². The first-order valence-electron chi connectivity index (χ1n) is 25.3. The van der Waals surface area contributed by atoms with E-state index in [0.717, 1.165) is 69.6 Å². The van der Waals surface area contributed by atoms with Gasteiger partial charge in [0.1, 0.15) is 13.2 Å². The van der Waals surface area contributed by atoms with Crippen LogP contribution in [0.2, 0.25) is 0 Å². The summed E-state index contributed by atoms with van der Waals surface area (Å²) >= 11 is 0. The van der Waals surface area contributed by atoms with Gasteiger partial charge in [0.15, 0.2) is 6.10 Å². The lowest BCUT2D eigenvalue weighted by Gasteiger charge is -2.18. The van der Waals surface area contributed by atoms with Gasteiger partial charge in [0.2, 0.25) is 0 Å². The molecule has 6 heteroatoms. The monoisotopic (exact) mass is 807 g/mol. The van der Waals surface area contributed by atoms with E-state index in [1.165, 1.54) is 167 Å². The number of hydrogen-bond donors (Lipinski definition) is 0. The van der Waals surface area contributed by atoms with Crippen LogP contribution < -0.4 is 0 Å². The van der Waals surface area contributed by atoms with Crippen molar-refractivity contribution >= 4 is 17.9 Å². The van der Waals surface area contributed by atoms with Crippen molar-refractivity contribution in [3.63, 3.8) is 0 Å². The van der Waals surface area contributed by atoms with E-state index in [4.69, 9.17) is 14.2 Å². The Balaban J connectivity index is 4.27. The maximum atomic E-state index is 12.8. The molecule has 0 amide bonds. The third kappa shape index (κ3) is 43.8. The second-order valence-electron chi connectivity index (χ2n) is 18.2. The number of carbonyl (C=O) groups excluding carboxylic acids is 3. The van der Waals surface area contributed by atoms with E-state index in [1.54, 1.807) is 0 Å². The lowest BCUT2D eigenvalue weighted by Crippen LogP contribution is -2.30. The average Bonchev–Trinajstić information content (AvgIpc) is 3.19. The molecule has 0 N–H and O–H groups in total. The minimum absolute atomic E-state index is 0.0645. The lowest BCUT2D eigenvalue weighted by atomic mass is 10.00. The molecule has 0 fully saturated rings. The molecule has 0 aliphatic carbocycles. The van der Waals surface area contributed by atoms with Gasteiger partial charge >= 0.3 is 17.9 Å². The maximum Gasteiger partial charge on any atom is 0.306 e. The van der Waals surface area contributed by atoms with Crippen LogP contribution in [-0.4, -0.2) is 37.2 Å². The van der Waals surface area contributed by atoms with E-state index in [1.807, 2.05) is 0 Å². The summed E-state index contributed by atoms with van der Waals surface area (Å²) in [6.07, 6.45) is 43.8. The zero-order valence-corrected chi connectivity index (χ0v) is 39.0. The molecule has 0 aromatic heterocycles. The van der Waals surface area contributed by atoms with Crippen LogP contribution in [-0.2, 0) is 28.6 Å². The van der Waals surface area contributed by atoms with Crippen molar-refractivity contribution in [3.05, 3.63) is 0 Å². The smallest absolute Gasteiger partial charge is 0.306 e. The van der Waals surface area contributed by atoms with E-state index in [0.29, 0.717) is 19.3 Å².